The largest absolute Gasteiger partial charge is 0.494 e. The second kappa shape index (κ2) is 3.47. The number of hydrogen-bond donors (Lipinski definition) is 1. The number of methoxy groups -OCH3 is 1. The molecule has 2 N–H and O–H groups in total. The van der Waals surface area contributed by atoms with Crippen LogP contribution in [-0.2, 0) is 0 Å². The van der Waals surface area contributed by atoms with Crippen molar-refractivity contribution in [3.8, 4) is 5.75 Å². The first-order valence-corrected chi connectivity index (χ1v) is 4.01. The van der Waals surface area contributed by atoms with E-state index in [0.29, 0.717) is 17.0 Å². The monoisotopic (exact) mass is 179 g/mol. The number of anilines is 1. The standard InChI is InChI=1S/C10H13NO2/c1-6-4-8(7(2)12)10(13-3)9(11)5-6/h4-5H,11H2,1-3H3. The lowest BCUT2D eigenvalue weighted by Crippen LogP contribution is -2.02. The van der Waals surface area contributed by atoms with Crippen molar-refractivity contribution in [2.75, 3.05) is 12.8 Å². The molecule has 70 valence electrons. The summed E-state index contributed by atoms with van der Waals surface area (Å²) in [7, 11) is 1.51. The smallest absolute Gasteiger partial charge is 0.163 e. The lowest BCUT2D eigenvalue weighted by atomic mass is 10.1. The molecule has 0 radical (unpaired) electrons. The van der Waals surface area contributed by atoms with Gasteiger partial charge in [-0.1, -0.05) is 0 Å². The molecule has 0 bridgehead atoms. The van der Waals surface area contributed by atoms with Gasteiger partial charge in [0, 0.05) is 0 Å². The van der Waals surface area contributed by atoms with Gasteiger partial charge in [-0.25, -0.2) is 0 Å². The number of ether oxygens (including phenoxy) is 1. The third-order valence-electron chi connectivity index (χ3n) is 1.85. The Morgan fingerprint density at radius 3 is 2.54 bits per heavy atom. The quantitative estimate of drug-likeness (QED) is 0.556. The Kier molecular flexibility index (Phi) is 2.56. The van der Waals surface area contributed by atoms with Crippen molar-refractivity contribution in [3.05, 3.63) is 23.3 Å². The van der Waals surface area contributed by atoms with Gasteiger partial charge >= 0.3 is 0 Å². The van der Waals surface area contributed by atoms with Crippen molar-refractivity contribution in [2.24, 2.45) is 0 Å². The zero-order chi connectivity index (χ0) is 10.0. The Bertz CT molecular complexity index is 345. The van der Waals surface area contributed by atoms with E-state index < -0.39 is 0 Å². The number of Topliss-reactive ketones (excluding diaryl/α,β-unsaturated/α-hetero) is 1. The molecule has 3 heteroatoms. The minimum atomic E-state index is -0.0350. The van der Waals surface area contributed by atoms with E-state index >= 15 is 0 Å². The van der Waals surface area contributed by atoms with Crippen LogP contribution in [0.25, 0.3) is 0 Å². The number of benzene rings is 1. The van der Waals surface area contributed by atoms with Gasteiger partial charge in [-0.05, 0) is 31.5 Å². The third kappa shape index (κ3) is 1.80. The molecular weight excluding hydrogens is 166 g/mol. The SMILES string of the molecule is COc1c(N)cc(C)cc1C(C)=O. The summed E-state index contributed by atoms with van der Waals surface area (Å²) in [6, 6.07) is 3.56. The molecule has 1 aromatic rings. The molecule has 0 fully saturated rings. The Morgan fingerprint density at radius 2 is 2.08 bits per heavy atom. The fraction of sp³-hybridized carbons (Fsp3) is 0.300. The van der Waals surface area contributed by atoms with Crippen molar-refractivity contribution in [1.29, 1.82) is 0 Å². The number of rotatable bonds is 2. The number of aryl methyl sites for hydroxylation is 1. The lowest BCUT2D eigenvalue weighted by Gasteiger charge is -2.09. The van der Waals surface area contributed by atoms with Crippen LogP contribution in [0.4, 0.5) is 5.69 Å². The molecule has 0 amide bonds. The highest BCUT2D eigenvalue weighted by Crippen LogP contribution is 2.27. The van der Waals surface area contributed by atoms with Gasteiger partial charge in [0.2, 0.25) is 0 Å². The molecule has 13 heavy (non-hydrogen) atoms. The van der Waals surface area contributed by atoms with E-state index in [-0.39, 0.29) is 5.78 Å². The van der Waals surface area contributed by atoms with E-state index in [1.807, 2.05) is 6.92 Å². The van der Waals surface area contributed by atoms with Crippen molar-refractivity contribution in [3.63, 3.8) is 0 Å². The maximum atomic E-state index is 11.2. The van der Waals surface area contributed by atoms with Crippen LogP contribution < -0.4 is 10.5 Å². The van der Waals surface area contributed by atoms with Gasteiger partial charge in [0.05, 0.1) is 18.4 Å². The topological polar surface area (TPSA) is 52.3 Å². The van der Waals surface area contributed by atoms with E-state index in [2.05, 4.69) is 0 Å². The van der Waals surface area contributed by atoms with Crippen molar-refractivity contribution < 1.29 is 9.53 Å². The van der Waals surface area contributed by atoms with Crippen LogP contribution in [-0.4, -0.2) is 12.9 Å². The van der Waals surface area contributed by atoms with Crippen molar-refractivity contribution in [1.82, 2.24) is 0 Å². The molecule has 3 nitrogen and oxygen atoms in total. The van der Waals surface area contributed by atoms with E-state index in [1.54, 1.807) is 12.1 Å². The molecule has 0 saturated heterocycles. The molecule has 0 aromatic heterocycles. The van der Waals surface area contributed by atoms with E-state index in [1.165, 1.54) is 14.0 Å². The summed E-state index contributed by atoms with van der Waals surface area (Å²) < 4.78 is 5.05. The minimum absolute atomic E-state index is 0.0350. The molecule has 0 unspecified atom stereocenters. The fourth-order valence-electron chi connectivity index (χ4n) is 1.29. The van der Waals surface area contributed by atoms with Gasteiger partial charge in [0.1, 0.15) is 0 Å². The first-order chi connectivity index (χ1) is 6.06. The summed E-state index contributed by atoms with van der Waals surface area (Å²) in [5, 5.41) is 0. The van der Waals surface area contributed by atoms with E-state index in [9.17, 15) is 4.79 Å². The molecular formula is C10H13NO2. The molecule has 0 heterocycles. The molecule has 0 aliphatic carbocycles. The van der Waals surface area contributed by atoms with Gasteiger partial charge in [-0.15, -0.1) is 0 Å². The van der Waals surface area contributed by atoms with Crippen molar-refractivity contribution >= 4 is 11.5 Å². The van der Waals surface area contributed by atoms with Crippen LogP contribution in [0.15, 0.2) is 12.1 Å². The second-order valence-electron chi connectivity index (χ2n) is 2.99. The maximum Gasteiger partial charge on any atom is 0.163 e. The van der Waals surface area contributed by atoms with Gasteiger partial charge in [-0.3, -0.25) is 4.79 Å². The normalized spacial score (nSPS) is 9.77. The number of ketones is 1. The number of nitrogens with two attached hydrogens (primary N) is 1. The number of carbonyl (C=O) groups excluding carboxylic acids is 1. The molecule has 0 aliphatic rings. The fourth-order valence-corrected chi connectivity index (χ4v) is 1.29. The van der Waals surface area contributed by atoms with Gasteiger partial charge in [0.25, 0.3) is 0 Å². The molecule has 1 aromatic carbocycles. The summed E-state index contributed by atoms with van der Waals surface area (Å²) in [5.41, 5.74) is 7.70. The average Bonchev–Trinajstić information content (AvgIpc) is 2.02. The summed E-state index contributed by atoms with van der Waals surface area (Å²) >= 11 is 0. The summed E-state index contributed by atoms with van der Waals surface area (Å²) in [6.45, 7) is 3.39. The van der Waals surface area contributed by atoms with Crippen molar-refractivity contribution in [2.45, 2.75) is 13.8 Å². The second-order valence-corrected chi connectivity index (χ2v) is 2.99. The Morgan fingerprint density at radius 1 is 1.46 bits per heavy atom. The molecule has 1 rings (SSSR count). The van der Waals surface area contributed by atoms with Crippen LogP contribution >= 0.6 is 0 Å². The highest BCUT2D eigenvalue weighted by Gasteiger charge is 2.11. The Hall–Kier alpha value is -1.51. The van der Waals surface area contributed by atoms with Gasteiger partial charge in [-0.2, -0.15) is 0 Å². The third-order valence-corrected chi connectivity index (χ3v) is 1.85. The van der Waals surface area contributed by atoms with Crippen LogP contribution in [0.3, 0.4) is 0 Å². The predicted octanol–water partition coefficient (Wildman–Crippen LogP) is 1.79. The maximum absolute atomic E-state index is 11.2. The van der Waals surface area contributed by atoms with Crippen LogP contribution in [0, 0.1) is 6.92 Å². The zero-order valence-corrected chi connectivity index (χ0v) is 8.05. The number of hydrogen-bond acceptors (Lipinski definition) is 3. The summed E-state index contributed by atoms with van der Waals surface area (Å²) in [6.07, 6.45) is 0. The van der Waals surface area contributed by atoms with Gasteiger partial charge < -0.3 is 10.5 Å². The Balaban J connectivity index is 3.38. The zero-order valence-electron chi connectivity index (χ0n) is 8.05. The van der Waals surface area contributed by atoms with E-state index in [0.717, 1.165) is 5.56 Å². The minimum Gasteiger partial charge on any atom is -0.494 e. The first-order valence-electron chi connectivity index (χ1n) is 4.01. The molecule has 0 saturated carbocycles. The van der Waals surface area contributed by atoms with Crippen LogP contribution in [0.1, 0.15) is 22.8 Å². The number of nitrogen functional groups attached to an aromatic ring is 1. The van der Waals surface area contributed by atoms with Crippen LogP contribution in [0.2, 0.25) is 0 Å². The van der Waals surface area contributed by atoms with Gasteiger partial charge in [0.15, 0.2) is 11.5 Å². The molecule has 0 aliphatic heterocycles. The highest BCUT2D eigenvalue weighted by atomic mass is 16.5. The predicted molar refractivity (Wildman–Crippen MR) is 52.1 cm³/mol. The number of carbonyl (C=O) groups is 1. The molecule has 0 atom stereocenters. The van der Waals surface area contributed by atoms with E-state index in [4.69, 9.17) is 10.5 Å². The highest BCUT2D eigenvalue weighted by molar-refractivity contribution is 5.98. The summed E-state index contributed by atoms with van der Waals surface area (Å²) in [5.74, 6) is 0.436. The average molecular weight is 179 g/mol. The van der Waals surface area contributed by atoms with Crippen LogP contribution in [0.5, 0.6) is 5.75 Å². The summed E-state index contributed by atoms with van der Waals surface area (Å²) in [4.78, 5) is 11.2. The Labute approximate surface area is 77.5 Å². The molecule has 0 spiro atoms. The first kappa shape index (κ1) is 9.58. The lowest BCUT2D eigenvalue weighted by molar-refractivity contribution is 0.101.